The van der Waals surface area contributed by atoms with Gasteiger partial charge in [-0.3, -0.25) is 4.98 Å². The zero-order valence-corrected chi connectivity index (χ0v) is 19.1. The van der Waals surface area contributed by atoms with E-state index in [1.165, 1.54) is 85.3 Å². The maximum absolute atomic E-state index is 4.96. The molecule has 0 spiro atoms. The summed E-state index contributed by atoms with van der Waals surface area (Å²) < 4.78 is 0. The molecule has 1 nitrogen and oxygen atoms in total. The van der Waals surface area contributed by atoms with Crippen LogP contribution in [0.5, 0.6) is 0 Å². The molecule has 2 heteroatoms. The highest BCUT2D eigenvalue weighted by atomic mass is 32.2. The number of rotatable bonds is 1. The fourth-order valence-corrected chi connectivity index (χ4v) is 7.36. The number of fused-ring (bicyclic) bond motifs is 5. The van der Waals surface area contributed by atoms with E-state index in [4.69, 9.17) is 4.98 Å². The highest BCUT2D eigenvalue weighted by molar-refractivity contribution is 8.00. The molecular formula is C30H25NS. The summed E-state index contributed by atoms with van der Waals surface area (Å²) in [6.07, 6.45) is 8.79. The van der Waals surface area contributed by atoms with Crippen molar-refractivity contribution in [2.75, 3.05) is 0 Å². The Bertz CT molecular complexity index is 1540. The maximum atomic E-state index is 4.96. The lowest BCUT2D eigenvalue weighted by atomic mass is 9.81. The molecular weight excluding hydrogens is 406 g/mol. The van der Waals surface area contributed by atoms with E-state index in [2.05, 4.69) is 67.6 Å². The Hall–Kier alpha value is -2.84. The SMILES string of the molecule is Cc1c2c(cc3ccccc13)-c1nccc3c1c(cc1cccc(C4CCCCC4)c13)S2. The second kappa shape index (κ2) is 7.08. The normalized spacial score (nSPS) is 16.0. The first kappa shape index (κ1) is 18.7. The van der Waals surface area contributed by atoms with E-state index in [-0.39, 0.29) is 0 Å². The fraction of sp³-hybridized carbons (Fsp3) is 0.233. The van der Waals surface area contributed by atoms with Crippen molar-refractivity contribution in [3.8, 4) is 11.3 Å². The molecule has 0 N–H and O–H groups in total. The van der Waals surface area contributed by atoms with Crippen LogP contribution < -0.4 is 0 Å². The molecule has 1 aliphatic heterocycles. The number of hydrogen-bond donors (Lipinski definition) is 0. The van der Waals surface area contributed by atoms with Crippen LogP contribution in [0.3, 0.4) is 0 Å². The van der Waals surface area contributed by atoms with Crippen LogP contribution >= 0.6 is 11.8 Å². The molecule has 4 aromatic carbocycles. The highest BCUT2D eigenvalue weighted by Crippen LogP contribution is 2.52. The van der Waals surface area contributed by atoms with Crippen LogP contribution in [0.2, 0.25) is 0 Å². The van der Waals surface area contributed by atoms with Gasteiger partial charge in [0.1, 0.15) is 0 Å². The van der Waals surface area contributed by atoms with Gasteiger partial charge in [-0.05, 0) is 81.9 Å². The van der Waals surface area contributed by atoms with Crippen LogP contribution in [0, 0.1) is 6.92 Å². The van der Waals surface area contributed by atoms with Gasteiger partial charge in [-0.2, -0.15) is 0 Å². The number of hydrogen-bond acceptors (Lipinski definition) is 2. The number of pyridine rings is 1. The minimum absolute atomic E-state index is 0.687. The van der Waals surface area contributed by atoms with Gasteiger partial charge in [-0.1, -0.05) is 73.5 Å². The van der Waals surface area contributed by atoms with Gasteiger partial charge in [-0.15, -0.1) is 0 Å². The molecule has 156 valence electrons. The number of nitrogens with zero attached hydrogens (tertiary/aromatic N) is 1. The Morgan fingerprint density at radius 3 is 2.56 bits per heavy atom. The quantitative estimate of drug-likeness (QED) is 0.241. The van der Waals surface area contributed by atoms with Gasteiger partial charge in [0, 0.05) is 26.9 Å². The molecule has 2 aliphatic rings. The van der Waals surface area contributed by atoms with Gasteiger partial charge in [0.05, 0.1) is 5.69 Å². The molecule has 0 amide bonds. The molecule has 1 saturated carbocycles. The fourth-order valence-electron chi connectivity index (χ4n) is 6.12. The van der Waals surface area contributed by atoms with Gasteiger partial charge >= 0.3 is 0 Å². The van der Waals surface area contributed by atoms with Crippen LogP contribution in [0.15, 0.2) is 76.7 Å². The molecule has 0 saturated heterocycles. The van der Waals surface area contributed by atoms with Gasteiger partial charge < -0.3 is 0 Å². The van der Waals surface area contributed by atoms with Gasteiger partial charge in [0.25, 0.3) is 0 Å². The first-order valence-electron chi connectivity index (χ1n) is 11.8. The molecule has 7 rings (SSSR count). The van der Waals surface area contributed by atoms with E-state index in [0.717, 1.165) is 5.69 Å². The van der Waals surface area contributed by atoms with Crippen molar-refractivity contribution in [3.05, 3.63) is 78.0 Å². The summed E-state index contributed by atoms with van der Waals surface area (Å²) in [7, 11) is 0. The van der Waals surface area contributed by atoms with E-state index in [1.807, 2.05) is 18.0 Å². The van der Waals surface area contributed by atoms with E-state index in [1.54, 1.807) is 5.56 Å². The first-order chi connectivity index (χ1) is 15.8. The average molecular weight is 432 g/mol. The monoisotopic (exact) mass is 431 g/mol. The largest absolute Gasteiger partial charge is 0.256 e. The van der Waals surface area contributed by atoms with Crippen LogP contribution in [0.1, 0.15) is 49.1 Å². The molecule has 5 aromatic rings. The first-order valence-corrected chi connectivity index (χ1v) is 12.7. The third-order valence-electron chi connectivity index (χ3n) is 7.64. The molecule has 1 aromatic heterocycles. The van der Waals surface area contributed by atoms with Crippen molar-refractivity contribution in [1.29, 1.82) is 0 Å². The zero-order valence-electron chi connectivity index (χ0n) is 18.3. The van der Waals surface area contributed by atoms with Crippen molar-refractivity contribution < 1.29 is 0 Å². The molecule has 2 heterocycles. The Morgan fingerprint density at radius 2 is 1.66 bits per heavy atom. The third kappa shape index (κ3) is 2.62. The summed E-state index contributed by atoms with van der Waals surface area (Å²) >= 11 is 1.93. The number of aryl methyl sites for hydroxylation is 1. The van der Waals surface area contributed by atoms with E-state index >= 15 is 0 Å². The predicted octanol–water partition coefficient (Wildman–Crippen LogP) is 9.03. The second-order valence-corrected chi connectivity index (χ2v) is 10.5. The van der Waals surface area contributed by atoms with Crippen molar-refractivity contribution in [1.82, 2.24) is 4.98 Å². The molecule has 1 aliphatic carbocycles. The van der Waals surface area contributed by atoms with Crippen molar-refractivity contribution in [2.45, 2.75) is 54.7 Å². The molecule has 0 radical (unpaired) electrons. The standard InChI is InChI=1S/C30H25NS/c1-18-22-12-6-5-10-20(22)16-25-29-28-24(14-15-31-29)27-21(17-26(28)32-30(18)25)11-7-13-23(27)19-8-3-2-4-9-19/h5-7,10-17,19H,2-4,8-9H2,1H3. The van der Waals surface area contributed by atoms with Crippen LogP contribution in [-0.2, 0) is 0 Å². The maximum Gasteiger partial charge on any atom is 0.0803 e. The summed E-state index contributed by atoms with van der Waals surface area (Å²) in [6.45, 7) is 2.27. The number of benzene rings is 4. The molecule has 1 fully saturated rings. The number of aromatic nitrogens is 1. The third-order valence-corrected chi connectivity index (χ3v) is 8.92. The summed E-state index contributed by atoms with van der Waals surface area (Å²) in [6, 6.07) is 22.8. The Labute approximate surface area is 192 Å². The average Bonchev–Trinajstić information content (AvgIpc) is 2.85. The molecule has 0 unspecified atom stereocenters. The minimum Gasteiger partial charge on any atom is -0.256 e. The topological polar surface area (TPSA) is 12.9 Å². The molecule has 32 heavy (non-hydrogen) atoms. The predicted molar refractivity (Wildman–Crippen MR) is 137 cm³/mol. The summed E-state index contributed by atoms with van der Waals surface area (Å²) in [5.41, 5.74) is 5.36. The second-order valence-electron chi connectivity index (χ2n) is 9.44. The van der Waals surface area contributed by atoms with Gasteiger partial charge in [0.15, 0.2) is 0 Å². The zero-order chi connectivity index (χ0) is 21.2. The van der Waals surface area contributed by atoms with E-state index in [0.29, 0.717) is 5.92 Å². The van der Waals surface area contributed by atoms with E-state index < -0.39 is 0 Å². The Kier molecular flexibility index (Phi) is 4.14. The van der Waals surface area contributed by atoms with Crippen LogP contribution in [0.25, 0.3) is 43.6 Å². The van der Waals surface area contributed by atoms with Crippen LogP contribution in [0.4, 0.5) is 0 Å². The highest BCUT2D eigenvalue weighted by Gasteiger charge is 2.26. The summed E-state index contributed by atoms with van der Waals surface area (Å²) in [5.74, 6) is 0.687. The summed E-state index contributed by atoms with van der Waals surface area (Å²) in [4.78, 5) is 7.67. The van der Waals surface area contributed by atoms with Crippen molar-refractivity contribution in [3.63, 3.8) is 0 Å². The van der Waals surface area contributed by atoms with Crippen molar-refractivity contribution >= 4 is 44.1 Å². The molecule has 0 bridgehead atoms. The van der Waals surface area contributed by atoms with Crippen molar-refractivity contribution in [2.24, 2.45) is 0 Å². The lowest BCUT2D eigenvalue weighted by Gasteiger charge is -2.26. The van der Waals surface area contributed by atoms with Gasteiger partial charge in [-0.25, -0.2) is 0 Å². The smallest absolute Gasteiger partial charge is 0.0803 e. The van der Waals surface area contributed by atoms with Gasteiger partial charge in [0.2, 0.25) is 0 Å². The lowest BCUT2D eigenvalue weighted by Crippen LogP contribution is -2.06. The Balaban J connectivity index is 1.57. The van der Waals surface area contributed by atoms with E-state index in [9.17, 15) is 0 Å². The lowest BCUT2D eigenvalue weighted by molar-refractivity contribution is 0.445. The molecule has 0 atom stereocenters. The van der Waals surface area contributed by atoms with Crippen LogP contribution in [-0.4, -0.2) is 4.98 Å². The Morgan fingerprint density at radius 1 is 0.812 bits per heavy atom. The summed E-state index contributed by atoms with van der Waals surface area (Å²) in [5, 5.41) is 8.21. The minimum atomic E-state index is 0.687.